The number of halogens is 1. The van der Waals surface area contributed by atoms with E-state index in [1.165, 1.54) is 0 Å². The van der Waals surface area contributed by atoms with E-state index in [4.69, 9.17) is 17.3 Å². The summed E-state index contributed by atoms with van der Waals surface area (Å²) in [5.74, 6) is 0.144. The number of carbonyl (C=O) groups is 1. The molecule has 2 aromatic carbocycles. The van der Waals surface area contributed by atoms with Crippen LogP contribution in [-0.4, -0.2) is 17.8 Å². The van der Waals surface area contributed by atoms with E-state index in [2.05, 4.69) is 15.2 Å². The van der Waals surface area contributed by atoms with Crippen molar-refractivity contribution in [2.24, 2.45) is 21.0 Å². The van der Waals surface area contributed by atoms with Crippen LogP contribution in [0.15, 0.2) is 69.7 Å². The summed E-state index contributed by atoms with van der Waals surface area (Å²) in [5.41, 5.74) is 8.91. The number of hydrogen-bond donors (Lipinski definition) is 1. The Bertz CT molecular complexity index is 979. The van der Waals surface area contributed by atoms with Gasteiger partial charge in [0.2, 0.25) is 5.91 Å². The molecule has 25 heavy (non-hydrogen) atoms. The Labute approximate surface area is 149 Å². The van der Waals surface area contributed by atoms with Crippen molar-refractivity contribution in [2.45, 2.75) is 13.1 Å². The van der Waals surface area contributed by atoms with Gasteiger partial charge in [-0.2, -0.15) is 5.11 Å². The first-order valence-corrected chi connectivity index (χ1v) is 8.11. The number of aliphatic imine (C=N–C) groups is 1. The number of nitrogens with zero attached hydrogens (tertiary/aromatic N) is 4. The van der Waals surface area contributed by atoms with Gasteiger partial charge in [-0.15, -0.1) is 5.11 Å². The fourth-order valence-corrected chi connectivity index (χ4v) is 3.22. The molecule has 2 aliphatic rings. The molecule has 0 bridgehead atoms. The van der Waals surface area contributed by atoms with E-state index >= 15 is 0 Å². The quantitative estimate of drug-likeness (QED) is 0.894. The number of anilines is 1. The lowest BCUT2D eigenvalue weighted by molar-refractivity contribution is 0.100. The van der Waals surface area contributed by atoms with Gasteiger partial charge in [0.15, 0.2) is 5.82 Å². The van der Waals surface area contributed by atoms with Gasteiger partial charge < -0.3 is 5.73 Å². The van der Waals surface area contributed by atoms with Crippen molar-refractivity contribution in [3.8, 4) is 0 Å². The lowest BCUT2D eigenvalue weighted by atomic mass is 9.97. The molecule has 0 fully saturated rings. The van der Waals surface area contributed by atoms with Crippen LogP contribution in [0.4, 0.5) is 5.69 Å². The second-order valence-corrected chi connectivity index (χ2v) is 6.17. The largest absolute Gasteiger partial charge is 0.366 e. The molecule has 7 heteroatoms. The molecule has 1 unspecified atom stereocenters. The molecule has 0 aromatic heterocycles. The Morgan fingerprint density at radius 2 is 2.00 bits per heavy atom. The van der Waals surface area contributed by atoms with E-state index in [1.54, 1.807) is 24.4 Å². The molecule has 0 saturated heterocycles. The van der Waals surface area contributed by atoms with Crippen molar-refractivity contribution in [1.82, 2.24) is 0 Å². The van der Waals surface area contributed by atoms with Crippen LogP contribution in [0.2, 0.25) is 5.02 Å². The van der Waals surface area contributed by atoms with Crippen LogP contribution < -0.4 is 10.6 Å². The maximum atomic E-state index is 11.7. The summed E-state index contributed by atoms with van der Waals surface area (Å²) in [6, 6.07) is 12.7. The number of amides is 1. The first-order chi connectivity index (χ1) is 12.1. The molecule has 1 amide bonds. The Balaban J connectivity index is 1.99. The van der Waals surface area contributed by atoms with E-state index in [0.29, 0.717) is 22.1 Å². The smallest absolute Gasteiger partial charge is 0.248 e. The van der Waals surface area contributed by atoms with E-state index in [-0.39, 0.29) is 6.17 Å². The van der Waals surface area contributed by atoms with Gasteiger partial charge in [0.25, 0.3) is 0 Å². The molecular formula is C18H14ClN5O. The van der Waals surface area contributed by atoms with Crippen LogP contribution in [-0.2, 0) is 0 Å². The number of hydrogen-bond acceptors (Lipinski definition) is 5. The summed E-state index contributed by atoms with van der Waals surface area (Å²) in [6.07, 6.45) is 1.50. The lowest BCUT2D eigenvalue weighted by Crippen LogP contribution is -2.27. The molecule has 0 radical (unpaired) electrons. The second-order valence-electron chi connectivity index (χ2n) is 5.76. The Hall–Kier alpha value is -2.99. The van der Waals surface area contributed by atoms with Gasteiger partial charge >= 0.3 is 0 Å². The number of primary amides is 1. The standard InChI is InChI=1S/C18H14ClN5O/c1-10-22-23-16-9-21-17(12-4-2-3-5-14(12)19)13-8-11(18(20)25)6-7-15(13)24(10)16/h2-10H,1H3,(H2,20,25). The molecular weight excluding hydrogens is 338 g/mol. The van der Waals surface area contributed by atoms with Crippen molar-refractivity contribution < 1.29 is 4.79 Å². The molecule has 4 rings (SSSR count). The molecule has 2 aromatic rings. The molecule has 0 aliphatic carbocycles. The zero-order valence-corrected chi connectivity index (χ0v) is 14.1. The summed E-state index contributed by atoms with van der Waals surface area (Å²) in [7, 11) is 0. The molecule has 1 atom stereocenters. The number of fused-ring (bicyclic) bond motifs is 3. The van der Waals surface area contributed by atoms with Crippen LogP contribution in [0.5, 0.6) is 0 Å². The van der Waals surface area contributed by atoms with Gasteiger partial charge in [0.1, 0.15) is 6.17 Å². The van der Waals surface area contributed by atoms with Crippen molar-refractivity contribution in [3.63, 3.8) is 0 Å². The number of rotatable bonds is 2. The molecule has 0 spiro atoms. The molecule has 2 heterocycles. The van der Waals surface area contributed by atoms with Crippen LogP contribution in [0.3, 0.4) is 0 Å². The minimum Gasteiger partial charge on any atom is -0.366 e. The van der Waals surface area contributed by atoms with E-state index in [1.807, 2.05) is 36.1 Å². The third-order valence-corrected chi connectivity index (χ3v) is 4.51. The molecule has 2 aliphatic heterocycles. The van der Waals surface area contributed by atoms with Gasteiger partial charge in [0.05, 0.1) is 17.6 Å². The minimum atomic E-state index is -0.498. The Morgan fingerprint density at radius 1 is 1.20 bits per heavy atom. The van der Waals surface area contributed by atoms with Gasteiger partial charge in [-0.1, -0.05) is 29.8 Å². The first-order valence-electron chi connectivity index (χ1n) is 7.73. The van der Waals surface area contributed by atoms with E-state index in [9.17, 15) is 4.79 Å². The third-order valence-electron chi connectivity index (χ3n) is 4.18. The number of azo groups is 1. The second kappa shape index (κ2) is 5.82. The normalized spacial score (nSPS) is 18.2. The van der Waals surface area contributed by atoms with Crippen LogP contribution >= 0.6 is 11.6 Å². The zero-order chi connectivity index (χ0) is 17.6. The number of nitrogens with two attached hydrogens (primary N) is 1. The maximum absolute atomic E-state index is 11.7. The van der Waals surface area contributed by atoms with Gasteiger partial charge in [-0.25, -0.2) is 0 Å². The highest BCUT2D eigenvalue weighted by molar-refractivity contribution is 6.36. The zero-order valence-electron chi connectivity index (χ0n) is 13.3. The summed E-state index contributed by atoms with van der Waals surface area (Å²) in [4.78, 5) is 18.2. The first kappa shape index (κ1) is 15.5. The van der Waals surface area contributed by atoms with E-state index < -0.39 is 5.91 Å². The van der Waals surface area contributed by atoms with Gasteiger partial charge in [0, 0.05) is 21.7 Å². The molecule has 2 N–H and O–H groups in total. The molecule has 6 nitrogen and oxygen atoms in total. The molecule has 0 saturated carbocycles. The van der Waals surface area contributed by atoms with Crippen molar-refractivity contribution in [1.29, 1.82) is 0 Å². The van der Waals surface area contributed by atoms with Gasteiger partial charge in [-0.3, -0.25) is 14.7 Å². The summed E-state index contributed by atoms with van der Waals surface area (Å²) in [5, 5.41) is 8.95. The fourth-order valence-electron chi connectivity index (χ4n) is 3.00. The lowest BCUT2D eigenvalue weighted by Gasteiger charge is -2.23. The van der Waals surface area contributed by atoms with Crippen LogP contribution in [0.1, 0.15) is 28.4 Å². The van der Waals surface area contributed by atoms with Crippen molar-refractivity contribution in [3.05, 3.63) is 76.2 Å². The minimum absolute atomic E-state index is 0.162. The third kappa shape index (κ3) is 2.51. The Morgan fingerprint density at radius 3 is 2.76 bits per heavy atom. The van der Waals surface area contributed by atoms with Crippen LogP contribution in [0, 0.1) is 0 Å². The number of carbonyl (C=O) groups excluding carboxylic acids is 1. The summed E-state index contributed by atoms with van der Waals surface area (Å²) < 4.78 is 0. The summed E-state index contributed by atoms with van der Waals surface area (Å²) >= 11 is 6.38. The highest BCUT2D eigenvalue weighted by atomic mass is 35.5. The predicted molar refractivity (Wildman–Crippen MR) is 96.9 cm³/mol. The predicted octanol–water partition coefficient (Wildman–Crippen LogP) is 3.71. The summed E-state index contributed by atoms with van der Waals surface area (Å²) in [6.45, 7) is 1.94. The molecule has 124 valence electrons. The maximum Gasteiger partial charge on any atom is 0.248 e. The van der Waals surface area contributed by atoms with E-state index in [0.717, 1.165) is 16.8 Å². The number of benzene rings is 2. The Kier molecular flexibility index (Phi) is 3.62. The average Bonchev–Trinajstić information content (AvgIpc) is 2.88. The SMILES string of the molecule is CC1N=NC2=CN=C(c3ccccc3Cl)c3cc(C(N)=O)ccc3N21. The van der Waals surface area contributed by atoms with Crippen molar-refractivity contribution in [2.75, 3.05) is 4.90 Å². The monoisotopic (exact) mass is 351 g/mol. The highest BCUT2D eigenvalue weighted by Crippen LogP contribution is 2.36. The van der Waals surface area contributed by atoms with Crippen LogP contribution in [0.25, 0.3) is 0 Å². The fraction of sp³-hybridized carbons (Fsp3) is 0.111. The topological polar surface area (TPSA) is 83.4 Å². The van der Waals surface area contributed by atoms with Crippen molar-refractivity contribution >= 4 is 28.9 Å². The van der Waals surface area contributed by atoms with Gasteiger partial charge in [-0.05, 0) is 31.2 Å². The highest BCUT2D eigenvalue weighted by Gasteiger charge is 2.30. The average molecular weight is 352 g/mol.